The van der Waals surface area contributed by atoms with Gasteiger partial charge in [0.1, 0.15) is 11.6 Å². The van der Waals surface area contributed by atoms with Crippen LogP contribution in [0.3, 0.4) is 0 Å². The molecular weight excluding hydrogens is 350 g/mol. The van der Waals surface area contributed by atoms with Crippen molar-refractivity contribution >= 4 is 23.0 Å². The highest BCUT2D eigenvalue weighted by Gasteiger charge is 2.56. The first kappa shape index (κ1) is 16.4. The van der Waals surface area contributed by atoms with E-state index in [1.54, 1.807) is 0 Å². The number of carbonyl (C=O) groups is 1. The van der Waals surface area contributed by atoms with Gasteiger partial charge in [-0.2, -0.15) is 0 Å². The van der Waals surface area contributed by atoms with Crippen LogP contribution in [-0.2, 0) is 4.79 Å². The number of hydrogen-bond acceptors (Lipinski definition) is 4. The van der Waals surface area contributed by atoms with Crippen molar-refractivity contribution in [2.75, 3.05) is 41.4 Å². The number of piperidine rings is 1. The molecule has 1 amide bonds. The predicted octanol–water partition coefficient (Wildman–Crippen LogP) is 2.41. The summed E-state index contributed by atoms with van der Waals surface area (Å²) in [6.07, 6.45) is 0. The van der Waals surface area contributed by atoms with E-state index in [2.05, 4.69) is 10.6 Å². The first-order valence-corrected chi connectivity index (χ1v) is 9.17. The van der Waals surface area contributed by atoms with Gasteiger partial charge in [-0.3, -0.25) is 4.79 Å². The quantitative estimate of drug-likeness (QED) is 0.868. The van der Waals surface area contributed by atoms with Gasteiger partial charge >= 0.3 is 0 Å². The van der Waals surface area contributed by atoms with Crippen LogP contribution in [0.15, 0.2) is 42.5 Å². The highest BCUT2D eigenvalue weighted by atomic mass is 19.1. The molecule has 2 aromatic carbocycles. The number of nitrogens with one attached hydrogen (secondary N) is 2. The van der Waals surface area contributed by atoms with Crippen LogP contribution in [-0.4, -0.2) is 38.3 Å². The summed E-state index contributed by atoms with van der Waals surface area (Å²) in [5.41, 5.74) is 2.53. The Hall–Kier alpha value is -2.83. The van der Waals surface area contributed by atoms with Gasteiger partial charge in [-0.15, -0.1) is 0 Å². The number of halogens is 2. The molecule has 0 aromatic heterocycles. The zero-order chi connectivity index (χ0) is 18.5. The highest BCUT2D eigenvalue weighted by Crippen LogP contribution is 2.47. The molecule has 0 radical (unpaired) electrons. The summed E-state index contributed by atoms with van der Waals surface area (Å²) in [4.78, 5) is 16.4. The molecule has 1 aliphatic carbocycles. The summed E-state index contributed by atoms with van der Waals surface area (Å²) in [5, 5.41) is 6.40. The minimum absolute atomic E-state index is 0.00687. The van der Waals surface area contributed by atoms with E-state index in [9.17, 15) is 13.6 Å². The van der Waals surface area contributed by atoms with Crippen LogP contribution in [0.1, 0.15) is 0 Å². The number of fused-ring (bicyclic) bond motifs is 2. The number of carbonyl (C=O) groups excluding carboxylic acids is 1. The second kappa shape index (κ2) is 6.11. The Bertz CT molecular complexity index is 893. The van der Waals surface area contributed by atoms with Gasteiger partial charge in [0.05, 0.1) is 30.3 Å². The zero-order valence-electron chi connectivity index (χ0n) is 14.7. The second-order valence-corrected chi connectivity index (χ2v) is 7.47. The molecule has 1 saturated heterocycles. The Morgan fingerprint density at radius 1 is 1.11 bits per heavy atom. The van der Waals surface area contributed by atoms with Crippen LogP contribution in [0, 0.1) is 23.5 Å². The maximum absolute atomic E-state index is 13.9. The standard InChI is InChI=1S/C20H20F2N4O/c21-12-5-6-17(15(22)7-12)25-8-13-14(9-25)20(13)24-19(27)10-26-11-23-16-3-1-2-4-18(16)26/h1-7,13-14,20,23H,8-11H2,(H,24,27). The minimum atomic E-state index is -0.566. The number of amides is 1. The van der Waals surface area contributed by atoms with Gasteiger partial charge in [0, 0.05) is 37.0 Å². The molecule has 2 atom stereocenters. The lowest BCUT2D eigenvalue weighted by Gasteiger charge is -2.23. The largest absolute Gasteiger partial charge is 0.368 e. The summed E-state index contributed by atoms with van der Waals surface area (Å²) >= 11 is 0. The van der Waals surface area contributed by atoms with Crippen LogP contribution in [0.4, 0.5) is 25.8 Å². The summed E-state index contributed by atoms with van der Waals surface area (Å²) in [6, 6.07) is 11.8. The highest BCUT2D eigenvalue weighted by molar-refractivity contribution is 5.85. The second-order valence-electron chi connectivity index (χ2n) is 7.47. The first-order valence-electron chi connectivity index (χ1n) is 9.17. The summed E-state index contributed by atoms with van der Waals surface area (Å²) in [7, 11) is 0. The third kappa shape index (κ3) is 2.87. The minimum Gasteiger partial charge on any atom is -0.368 e. The van der Waals surface area contributed by atoms with Crippen molar-refractivity contribution < 1.29 is 13.6 Å². The van der Waals surface area contributed by atoms with Crippen LogP contribution in [0.25, 0.3) is 0 Å². The lowest BCUT2D eigenvalue weighted by Crippen LogP contribution is -2.41. The summed E-state index contributed by atoms with van der Waals surface area (Å²) < 4.78 is 27.0. The molecule has 2 unspecified atom stereocenters. The van der Waals surface area contributed by atoms with Crippen molar-refractivity contribution in [1.82, 2.24) is 5.32 Å². The van der Waals surface area contributed by atoms with Crippen LogP contribution >= 0.6 is 0 Å². The molecule has 2 aliphatic heterocycles. The van der Waals surface area contributed by atoms with Gasteiger partial charge in [0.25, 0.3) is 0 Å². The molecule has 0 bridgehead atoms. The Balaban J connectivity index is 1.15. The van der Waals surface area contributed by atoms with Crippen LogP contribution in [0.2, 0.25) is 0 Å². The van der Waals surface area contributed by atoms with E-state index in [1.807, 2.05) is 34.1 Å². The van der Waals surface area contributed by atoms with Crippen molar-refractivity contribution in [3.8, 4) is 0 Å². The number of anilines is 3. The van der Waals surface area contributed by atoms with Gasteiger partial charge in [-0.1, -0.05) is 12.1 Å². The maximum atomic E-state index is 13.9. The molecule has 0 spiro atoms. The maximum Gasteiger partial charge on any atom is 0.239 e. The number of nitrogens with zero attached hydrogens (tertiary/aromatic N) is 2. The topological polar surface area (TPSA) is 47.6 Å². The predicted molar refractivity (Wildman–Crippen MR) is 99.8 cm³/mol. The average Bonchev–Trinajstić information content (AvgIpc) is 3.01. The Kier molecular flexibility index (Phi) is 3.70. The van der Waals surface area contributed by atoms with E-state index in [0.717, 1.165) is 17.4 Å². The number of para-hydroxylation sites is 2. The monoisotopic (exact) mass is 370 g/mol. The molecule has 2 aromatic rings. The molecule has 3 aliphatic rings. The number of hydrogen-bond donors (Lipinski definition) is 2. The van der Waals surface area contributed by atoms with Crippen LogP contribution in [0.5, 0.6) is 0 Å². The summed E-state index contributed by atoms with van der Waals surface area (Å²) in [5.74, 6) is -0.419. The first-order chi connectivity index (χ1) is 13.1. The van der Waals surface area contributed by atoms with Gasteiger partial charge in [0.2, 0.25) is 5.91 Å². The van der Waals surface area contributed by atoms with Crippen molar-refractivity contribution in [1.29, 1.82) is 0 Å². The lowest BCUT2D eigenvalue weighted by atomic mass is 10.2. The fourth-order valence-electron chi connectivity index (χ4n) is 4.39. The molecule has 27 heavy (non-hydrogen) atoms. The molecule has 5 rings (SSSR count). The van der Waals surface area contributed by atoms with Gasteiger partial charge in [-0.25, -0.2) is 8.78 Å². The third-order valence-corrected chi connectivity index (χ3v) is 5.81. The Labute approximate surface area is 156 Å². The van der Waals surface area contributed by atoms with E-state index in [-0.39, 0.29) is 11.9 Å². The molecule has 140 valence electrons. The van der Waals surface area contributed by atoms with Crippen LogP contribution < -0.4 is 20.4 Å². The van der Waals surface area contributed by atoms with E-state index >= 15 is 0 Å². The third-order valence-electron chi connectivity index (χ3n) is 5.81. The van der Waals surface area contributed by atoms with E-state index < -0.39 is 11.6 Å². The van der Waals surface area contributed by atoms with Gasteiger partial charge < -0.3 is 20.4 Å². The fourth-order valence-corrected chi connectivity index (χ4v) is 4.39. The fraction of sp³-hybridized carbons (Fsp3) is 0.350. The van der Waals surface area contributed by atoms with E-state index in [4.69, 9.17) is 0 Å². The smallest absolute Gasteiger partial charge is 0.239 e. The molecular formula is C20H20F2N4O. The Morgan fingerprint density at radius 3 is 2.67 bits per heavy atom. The molecule has 7 heteroatoms. The Morgan fingerprint density at radius 2 is 1.89 bits per heavy atom. The van der Waals surface area contributed by atoms with Crippen molar-refractivity contribution in [3.63, 3.8) is 0 Å². The molecule has 2 N–H and O–H groups in total. The molecule has 5 nitrogen and oxygen atoms in total. The number of benzene rings is 2. The molecule has 2 heterocycles. The van der Waals surface area contributed by atoms with Gasteiger partial charge in [-0.05, 0) is 24.3 Å². The van der Waals surface area contributed by atoms with Crippen molar-refractivity contribution in [2.24, 2.45) is 11.8 Å². The van der Waals surface area contributed by atoms with E-state index in [1.165, 1.54) is 12.1 Å². The van der Waals surface area contributed by atoms with E-state index in [0.29, 0.717) is 43.8 Å². The van der Waals surface area contributed by atoms with Gasteiger partial charge in [0.15, 0.2) is 0 Å². The van der Waals surface area contributed by atoms with Crippen molar-refractivity contribution in [3.05, 3.63) is 54.1 Å². The zero-order valence-corrected chi connectivity index (χ0v) is 14.7. The molecule has 1 saturated carbocycles. The normalized spacial score (nSPS) is 25.0. The number of rotatable bonds is 4. The lowest BCUT2D eigenvalue weighted by molar-refractivity contribution is -0.120. The van der Waals surface area contributed by atoms with Crippen molar-refractivity contribution in [2.45, 2.75) is 6.04 Å². The SMILES string of the molecule is O=C(CN1CNc2ccccc21)NC1C2CN(c3ccc(F)cc3F)CC21. The summed E-state index contributed by atoms with van der Waals surface area (Å²) in [6.45, 7) is 2.32. The molecule has 2 fully saturated rings. The average molecular weight is 370 g/mol.